The van der Waals surface area contributed by atoms with Crippen LogP contribution in [0.3, 0.4) is 0 Å². The molecule has 2 saturated heterocycles. The first-order chi connectivity index (χ1) is 25.1. The second kappa shape index (κ2) is 16.5. The molecule has 2 saturated carbocycles. The number of hydrogen-bond acceptors (Lipinski definition) is 13. The van der Waals surface area contributed by atoms with Crippen molar-refractivity contribution in [2.45, 2.75) is 113 Å². The lowest BCUT2D eigenvalue weighted by molar-refractivity contribution is -0.148. The summed E-state index contributed by atoms with van der Waals surface area (Å²) in [6.45, 7) is 2.67. The number of methoxy groups -OCH3 is 2. The average Bonchev–Trinajstić information content (AvgIpc) is 3.13. The van der Waals surface area contributed by atoms with Gasteiger partial charge in [-0.25, -0.2) is 0 Å². The van der Waals surface area contributed by atoms with E-state index in [0.29, 0.717) is 44.1 Å². The van der Waals surface area contributed by atoms with E-state index in [-0.39, 0.29) is 59.4 Å². The van der Waals surface area contributed by atoms with Gasteiger partial charge in [-0.2, -0.15) is 0 Å². The van der Waals surface area contributed by atoms with Gasteiger partial charge >= 0.3 is 17.9 Å². The van der Waals surface area contributed by atoms with Crippen molar-refractivity contribution in [3.05, 3.63) is 28.8 Å². The Kier molecular flexibility index (Phi) is 12.2. The van der Waals surface area contributed by atoms with Crippen molar-refractivity contribution >= 4 is 41.5 Å². The summed E-state index contributed by atoms with van der Waals surface area (Å²) in [6.07, 6.45) is 2.51. The number of carbonyl (C=O) groups is 7. The number of nitrogens with one attached hydrogen (secondary N) is 6. The van der Waals surface area contributed by atoms with Crippen LogP contribution in [0.15, 0.2) is 12.1 Å². The summed E-state index contributed by atoms with van der Waals surface area (Å²) in [5.74, 6) is -5.70. The monoisotopic (exact) mass is 743 g/mol. The number of esters is 2. The van der Waals surface area contributed by atoms with Crippen LogP contribution in [0, 0.1) is 11.8 Å². The molecule has 10 N–H and O–H groups in total. The van der Waals surface area contributed by atoms with Gasteiger partial charge in [-0.15, -0.1) is 0 Å². The van der Waals surface area contributed by atoms with Gasteiger partial charge in [-0.3, -0.25) is 44.2 Å². The molecule has 18 nitrogen and oxygen atoms in total. The Labute approximate surface area is 306 Å². The molecular weight excluding hydrogens is 694 g/mol. The third-order valence-corrected chi connectivity index (χ3v) is 10.8. The van der Waals surface area contributed by atoms with Gasteiger partial charge in [0.1, 0.15) is 29.9 Å². The Hall–Kier alpha value is -4.81. The molecule has 1 aromatic carbocycles. The maximum absolute atomic E-state index is 13.7. The Morgan fingerprint density at radius 1 is 0.792 bits per heavy atom. The van der Waals surface area contributed by atoms with E-state index < -0.39 is 71.6 Å². The van der Waals surface area contributed by atoms with Crippen LogP contribution in [0.5, 0.6) is 5.75 Å². The Bertz CT molecular complexity index is 1550. The molecule has 5 rings (SSSR count). The van der Waals surface area contributed by atoms with Crippen molar-refractivity contribution in [1.29, 1.82) is 0 Å². The summed E-state index contributed by atoms with van der Waals surface area (Å²) in [6, 6.07) is -4.39. The van der Waals surface area contributed by atoms with Crippen molar-refractivity contribution in [3.8, 4) is 5.75 Å². The molecule has 2 aliphatic carbocycles. The van der Waals surface area contributed by atoms with E-state index in [1.165, 1.54) is 40.2 Å². The number of hydrogen-bond donors (Lipinski definition) is 9. The molecule has 4 aliphatic rings. The zero-order valence-electron chi connectivity index (χ0n) is 30.1. The van der Waals surface area contributed by atoms with Gasteiger partial charge in [0.15, 0.2) is 0 Å². The maximum Gasteiger partial charge on any atom is 0.325 e. The fourth-order valence-corrected chi connectivity index (χ4v) is 7.82. The lowest BCUT2D eigenvalue weighted by Gasteiger charge is -2.43. The minimum atomic E-state index is -1.35. The fraction of sp³-hybridized carbons (Fsp3) is 0.629. The van der Waals surface area contributed by atoms with Crippen LogP contribution in [0.4, 0.5) is 0 Å². The number of carboxylic acids is 1. The normalized spacial score (nSPS) is 29.8. The predicted octanol–water partition coefficient (Wildman–Crippen LogP) is -1.70. The number of ether oxygens (including phenoxy) is 2. The molecule has 0 aromatic heterocycles. The molecule has 0 bridgehead atoms. The van der Waals surface area contributed by atoms with Crippen LogP contribution in [0.1, 0.15) is 81.1 Å². The Morgan fingerprint density at radius 3 is 1.68 bits per heavy atom. The minimum Gasteiger partial charge on any atom is -0.507 e. The average molecular weight is 744 g/mol. The zero-order valence-corrected chi connectivity index (χ0v) is 30.1. The largest absolute Gasteiger partial charge is 0.507 e. The highest BCUT2D eigenvalue weighted by molar-refractivity contribution is 5.92. The summed E-state index contributed by atoms with van der Waals surface area (Å²) in [7, 11) is 2.62. The number of rotatable bonds is 11. The van der Waals surface area contributed by atoms with Crippen molar-refractivity contribution in [2.75, 3.05) is 14.2 Å². The molecule has 1 aromatic rings. The molecule has 4 amide bonds. The molecule has 8 unspecified atom stereocenters. The highest BCUT2D eigenvalue weighted by Gasteiger charge is 2.45. The first-order valence-corrected chi connectivity index (χ1v) is 17.8. The van der Waals surface area contributed by atoms with Crippen LogP contribution in [0.2, 0.25) is 0 Å². The summed E-state index contributed by atoms with van der Waals surface area (Å²) in [5, 5.41) is 38.8. The number of piperazine rings is 2. The van der Waals surface area contributed by atoms with Crippen LogP contribution >= 0.6 is 0 Å². The number of phenolic OH excluding ortho intramolecular Hbond substituents is 1. The van der Waals surface area contributed by atoms with Crippen LogP contribution in [-0.4, -0.2) is 108 Å². The number of aromatic hydroxyl groups is 1. The van der Waals surface area contributed by atoms with Crippen LogP contribution < -0.4 is 37.6 Å². The van der Waals surface area contributed by atoms with Gasteiger partial charge in [0.2, 0.25) is 23.6 Å². The molecular formula is C35H49N7O11. The fourth-order valence-electron chi connectivity index (χ4n) is 7.82. The lowest BCUT2D eigenvalue weighted by Crippen LogP contribution is -2.62. The first-order valence-electron chi connectivity index (χ1n) is 17.8. The second-order valence-electron chi connectivity index (χ2n) is 14.5. The number of amides is 4. The van der Waals surface area contributed by atoms with E-state index in [4.69, 9.17) is 15.2 Å². The maximum atomic E-state index is 13.7. The Morgan fingerprint density at radius 2 is 1.26 bits per heavy atom. The smallest absolute Gasteiger partial charge is 0.325 e. The van der Waals surface area contributed by atoms with Crippen molar-refractivity contribution in [3.63, 3.8) is 0 Å². The van der Waals surface area contributed by atoms with Crippen molar-refractivity contribution < 1.29 is 53.2 Å². The van der Waals surface area contributed by atoms with E-state index in [2.05, 4.69) is 31.9 Å². The predicted molar refractivity (Wildman–Crippen MR) is 185 cm³/mol. The molecule has 2 aliphatic heterocycles. The van der Waals surface area contributed by atoms with Gasteiger partial charge in [-0.05, 0) is 70.1 Å². The molecule has 4 fully saturated rings. The van der Waals surface area contributed by atoms with E-state index in [1.54, 1.807) is 0 Å². The van der Waals surface area contributed by atoms with E-state index in [1.807, 2.05) is 0 Å². The third kappa shape index (κ3) is 8.71. The van der Waals surface area contributed by atoms with Gasteiger partial charge < -0.3 is 46.7 Å². The number of carbonyl (C=O) groups excluding carboxylic acids is 6. The molecule has 0 spiro atoms. The molecule has 290 valence electrons. The number of benzene rings is 1. The SMILES string of the molecule is COC(=O)C1CCC2NC(=O)C(c3cc(C[C@H](NC(=O)[C@H](C)N)C(=O)N[C@@H](C)C(=O)O)cc(C4NC5CC(C(=O)OC)CCC5NC4=O)c3O)NC2C1. The highest BCUT2D eigenvalue weighted by Crippen LogP contribution is 2.40. The lowest BCUT2D eigenvalue weighted by atomic mass is 9.79. The van der Waals surface area contributed by atoms with Crippen molar-refractivity contribution in [1.82, 2.24) is 31.9 Å². The van der Waals surface area contributed by atoms with Gasteiger partial charge in [-0.1, -0.05) is 0 Å². The summed E-state index contributed by atoms with van der Waals surface area (Å²) < 4.78 is 9.92. The van der Waals surface area contributed by atoms with Crippen LogP contribution in [0.25, 0.3) is 0 Å². The quantitative estimate of drug-likeness (QED) is 0.114. The Balaban J connectivity index is 1.54. The topological polar surface area (TPSA) is 277 Å². The van der Waals surface area contributed by atoms with E-state index in [9.17, 15) is 43.8 Å². The molecule has 11 atom stereocenters. The zero-order chi connectivity index (χ0) is 38.7. The van der Waals surface area contributed by atoms with Crippen LogP contribution in [-0.2, 0) is 49.5 Å². The number of carboxylic acid groups (broad SMARTS) is 1. The standard InChI is InChI=1S/C35H49N7O11/c1-14(36)29(44)42-25(30(45)37-15(2)33(48)49)11-16-9-19(26-31(46)40-21-7-5-17(34(50)52-3)12-23(21)38-26)28(43)20(10-16)27-32(47)41-22-8-6-18(35(51)53-4)13-24(22)39-27/h9-10,14-15,17-18,21-27,38-39,43H,5-8,11-13,36H2,1-4H3,(H,37,45)(H,40,46)(H,41,47)(H,42,44)(H,48,49)/t14-,15-,17?,18?,21?,22?,23?,24?,25-,26?,27?/m0/s1. The molecule has 2 heterocycles. The summed E-state index contributed by atoms with van der Waals surface area (Å²) >= 11 is 0. The molecule has 0 radical (unpaired) electrons. The number of aliphatic carboxylic acids is 1. The molecule has 18 heteroatoms. The van der Waals surface area contributed by atoms with E-state index >= 15 is 0 Å². The number of fused-ring (bicyclic) bond motifs is 2. The van der Waals surface area contributed by atoms with Gasteiger partial charge in [0.05, 0.1) is 32.1 Å². The molecule has 53 heavy (non-hydrogen) atoms. The highest BCUT2D eigenvalue weighted by atomic mass is 16.5. The second-order valence-corrected chi connectivity index (χ2v) is 14.5. The first kappa shape index (κ1) is 39.4. The summed E-state index contributed by atoms with van der Waals surface area (Å²) in [4.78, 5) is 89.9. The third-order valence-electron chi connectivity index (χ3n) is 10.8. The van der Waals surface area contributed by atoms with Crippen molar-refractivity contribution in [2.24, 2.45) is 17.6 Å². The van der Waals surface area contributed by atoms with E-state index in [0.717, 1.165) is 0 Å². The van der Waals surface area contributed by atoms with Gasteiger partial charge in [0, 0.05) is 41.7 Å². The summed E-state index contributed by atoms with van der Waals surface area (Å²) in [5.41, 5.74) is 6.21. The number of phenols is 1. The minimum absolute atomic E-state index is 0.0676. The van der Waals surface area contributed by atoms with Gasteiger partial charge in [0.25, 0.3) is 0 Å². The number of nitrogens with two attached hydrogens (primary N) is 1.